The van der Waals surface area contributed by atoms with E-state index in [4.69, 9.17) is 10.5 Å². The summed E-state index contributed by atoms with van der Waals surface area (Å²) in [6.07, 6.45) is 3.52. The zero-order valence-corrected chi connectivity index (χ0v) is 11.9. The van der Waals surface area contributed by atoms with E-state index in [1.807, 2.05) is 6.07 Å². The molecule has 1 heterocycles. The molecule has 106 valence electrons. The summed E-state index contributed by atoms with van der Waals surface area (Å²) < 4.78 is 5.23. The van der Waals surface area contributed by atoms with Gasteiger partial charge in [-0.1, -0.05) is 30.3 Å². The molecule has 2 atom stereocenters. The summed E-state index contributed by atoms with van der Waals surface area (Å²) in [5.41, 5.74) is 7.47. The van der Waals surface area contributed by atoms with Crippen molar-refractivity contribution < 1.29 is 4.74 Å². The van der Waals surface area contributed by atoms with Crippen LogP contribution in [-0.4, -0.2) is 38.3 Å². The summed E-state index contributed by atoms with van der Waals surface area (Å²) in [4.78, 5) is 2.54. The fourth-order valence-corrected chi connectivity index (χ4v) is 2.89. The Hall–Kier alpha value is -0.900. The van der Waals surface area contributed by atoms with Crippen molar-refractivity contribution >= 4 is 0 Å². The fraction of sp³-hybridized carbons (Fsp3) is 0.625. The maximum absolute atomic E-state index is 6.22. The number of methoxy groups -OCH3 is 1. The van der Waals surface area contributed by atoms with Crippen LogP contribution in [-0.2, 0) is 4.74 Å². The lowest BCUT2D eigenvalue weighted by atomic mass is 10.0. The molecule has 1 aromatic carbocycles. The van der Waals surface area contributed by atoms with Gasteiger partial charge in [-0.25, -0.2) is 0 Å². The molecule has 0 spiro atoms. The maximum Gasteiger partial charge on any atom is 0.0503 e. The number of hydrogen-bond donors (Lipinski definition) is 1. The first kappa shape index (κ1) is 14.5. The predicted octanol–water partition coefficient (Wildman–Crippen LogP) is 2.43. The van der Waals surface area contributed by atoms with Gasteiger partial charge in [0.15, 0.2) is 0 Å². The first-order valence-corrected chi connectivity index (χ1v) is 7.31. The molecule has 3 heteroatoms. The Labute approximate surface area is 116 Å². The van der Waals surface area contributed by atoms with Crippen molar-refractivity contribution in [3.63, 3.8) is 0 Å². The van der Waals surface area contributed by atoms with Crippen molar-refractivity contribution in [2.45, 2.75) is 25.3 Å². The highest BCUT2D eigenvalue weighted by Crippen LogP contribution is 2.19. The normalized spacial score (nSPS) is 21.7. The summed E-state index contributed by atoms with van der Waals surface area (Å²) in [7, 11) is 1.79. The molecule has 0 saturated carbocycles. The third-order valence-electron chi connectivity index (χ3n) is 3.99. The van der Waals surface area contributed by atoms with Gasteiger partial charge >= 0.3 is 0 Å². The van der Waals surface area contributed by atoms with Crippen LogP contribution < -0.4 is 5.73 Å². The van der Waals surface area contributed by atoms with Crippen molar-refractivity contribution in [3.8, 4) is 0 Å². The number of likely N-dealkylation sites (tertiary alicyclic amines) is 1. The van der Waals surface area contributed by atoms with E-state index in [0.29, 0.717) is 0 Å². The predicted molar refractivity (Wildman–Crippen MR) is 79.0 cm³/mol. The molecule has 19 heavy (non-hydrogen) atoms. The summed E-state index contributed by atoms with van der Waals surface area (Å²) >= 11 is 0. The Bertz CT molecular complexity index is 355. The highest BCUT2D eigenvalue weighted by Gasteiger charge is 2.21. The van der Waals surface area contributed by atoms with E-state index >= 15 is 0 Å². The number of rotatable bonds is 7. The molecule has 2 unspecified atom stereocenters. The van der Waals surface area contributed by atoms with Gasteiger partial charge in [0.1, 0.15) is 0 Å². The SMILES string of the molecule is COCC1CCN(CCCC(N)c2ccccc2)C1. The zero-order chi connectivity index (χ0) is 13.5. The molecular weight excluding hydrogens is 236 g/mol. The first-order chi connectivity index (χ1) is 9.29. The van der Waals surface area contributed by atoms with Crippen LogP contribution in [0.1, 0.15) is 30.9 Å². The van der Waals surface area contributed by atoms with Crippen molar-refractivity contribution in [2.75, 3.05) is 33.4 Å². The van der Waals surface area contributed by atoms with Gasteiger partial charge in [-0.15, -0.1) is 0 Å². The minimum atomic E-state index is 0.179. The molecule has 2 N–H and O–H groups in total. The van der Waals surface area contributed by atoms with Crippen molar-refractivity contribution in [3.05, 3.63) is 35.9 Å². The third-order valence-corrected chi connectivity index (χ3v) is 3.99. The summed E-state index contributed by atoms with van der Waals surface area (Å²) in [6.45, 7) is 4.48. The van der Waals surface area contributed by atoms with E-state index in [0.717, 1.165) is 18.9 Å². The highest BCUT2D eigenvalue weighted by atomic mass is 16.5. The second kappa shape index (κ2) is 7.63. The molecule has 1 saturated heterocycles. The highest BCUT2D eigenvalue weighted by molar-refractivity contribution is 5.18. The molecular formula is C16H26N2O. The number of hydrogen-bond acceptors (Lipinski definition) is 3. The summed E-state index contributed by atoms with van der Waals surface area (Å²) in [6, 6.07) is 10.6. The van der Waals surface area contributed by atoms with E-state index in [1.54, 1.807) is 7.11 Å². The number of ether oxygens (including phenoxy) is 1. The average Bonchev–Trinajstić information content (AvgIpc) is 2.88. The van der Waals surface area contributed by atoms with Crippen LogP contribution in [0.25, 0.3) is 0 Å². The van der Waals surface area contributed by atoms with E-state index < -0.39 is 0 Å². The molecule has 3 nitrogen and oxygen atoms in total. The van der Waals surface area contributed by atoms with Crippen LogP contribution in [0.5, 0.6) is 0 Å². The molecule has 0 aliphatic carbocycles. The van der Waals surface area contributed by atoms with Crippen LogP contribution in [0.3, 0.4) is 0 Å². The molecule has 0 amide bonds. The van der Waals surface area contributed by atoms with E-state index in [9.17, 15) is 0 Å². The van der Waals surface area contributed by atoms with Crippen molar-refractivity contribution in [2.24, 2.45) is 11.7 Å². The zero-order valence-electron chi connectivity index (χ0n) is 11.9. The Morgan fingerprint density at radius 3 is 2.89 bits per heavy atom. The van der Waals surface area contributed by atoms with Crippen LogP contribution in [0.2, 0.25) is 0 Å². The fourth-order valence-electron chi connectivity index (χ4n) is 2.89. The third kappa shape index (κ3) is 4.60. The van der Waals surface area contributed by atoms with Crippen LogP contribution >= 0.6 is 0 Å². The number of nitrogens with zero attached hydrogens (tertiary/aromatic N) is 1. The van der Waals surface area contributed by atoms with E-state index in [-0.39, 0.29) is 6.04 Å². The van der Waals surface area contributed by atoms with Crippen molar-refractivity contribution in [1.82, 2.24) is 4.90 Å². The lowest BCUT2D eigenvalue weighted by Gasteiger charge is -2.17. The summed E-state index contributed by atoms with van der Waals surface area (Å²) in [5, 5.41) is 0. The first-order valence-electron chi connectivity index (χ1n) is 7.31. The minimum absolute atomic E-state index is 0.179. The Morgan fingerprint density at radius 2 is 2.16 bits per heavy atom. The molecule has 0 radical (unpaired) electrons. The molecule has 0 bridgehead atoms. The maximum atomic E-state index is 6.22. The van der Waals surface area contributed by atoms with E-state index in [1.165, 1.54) is 38.0 Å². The quantitative estimate of drug-likeness (QED) is 0.820. The van der Waals surface area contributed by atoms with Gasteiger partial charge in [0.25, 0.3) is 0 Å². The van der Waals surface area contributed by atoms with Gasteiger partial charge in [0.05, 0.1) is 6.61 Å². The molecule has 1 aliphatic heterocycles. The largest absolute Gasteiger partial charge is 0.384 e. The second-order valence-electron chi connectivity index (χ2n) is 5.57. The van der Waals surface area contributed by atoms with Gasteiger partial charge in [0.2, 0.25) is 0 Å². The monoisotopic (exact) mass is 262 g/mol. The molecule has 1 aliphatic rings. The Balaban J connectivity index is 1.64. The Kier molecular flexibility index (Phi) is 5.83. The summed E-state index contributed by atoms with van der Waals surface area (Å²) in [5.74, 6) is 0.729. The van der Waals surface area contributed by atoms with Gasteiger partial charge in [-0.3, -0.25) is 0 Å². The molecule has 1 aromatic rings. The molecule has 1 fully saturated rings. The van der Waals surface area contributed by atoms with Crippen LogP contribution in [0.4, 0.5) is 0 Å². The van der Waals surface area contributed by atoms with Crippen molar-refractivity contribution in [1.29, 1.82) is 0 Å². The second-order valence-corrected chi connectivity index (χ2v) is 5.57. The van der Waals surface area contributed by atoms with Gasteiger partial charge in [0, 0.05) is 19.7 Å². The number of benzene rings is 1. The smallest absolute Gasteiger partial charge is 0.0503 e. The molecule has 2 rings (SSSR count). The minimum Gasteiger partial charge on any atom is -0.384 e. The van der Waals surface area contributed by atoms with Gasteiger partial charge in [-0.2, -0.15) is 0 Å². The molecule has 0 aromatic heterocycles. The average molecular weight is 262 g/mol. The lowest BCUT2D eigenvalue weighted by Crippen LogP contribution is -2.24. The lowest BCUT2D eigenvalue weighted by molar-refractivity contribution is 0.153. The standard InChI is InChI=1S/C16H26N2O/c1-19-13-14-9-11-18(12-14)10-5-8-16(17)15-6-3-2-4-7-15/h2-4,6-7,14,16H,5,8-13,17H2,1H3. The topological polar surface area (TPSA) is 38.5 Å². The van der Waals surface area contributed by atoms with Crippen LogP contribution in [0, 0.1) is 5.92 Å². The van der Waals surface area contributed by atoms with Gasteiger partial charge < -0.3 is 15.4 Å². The number of nitrogens with two attached hydrogens (primary N) is 1. The van der Waals surface area contributed by atoms with E-state index in [2.05, 4.69) is 29.2 Å². The van der Waals surface area contributed by atoms with Gasteiger partial charge in [-0.05, 0) is 43.8 Å². The van der Waals surface area contributed by atoms with Crippen LogP contribution in [0.15, 0.2) is 30.3 Å². The Morgan fingerprint density at radius 1 is 1.37 bits per heavy atom.